The van der Waals surface area contributed by atoms with E-state index in [9.17, 15) is 0 Å². The Labute approximate surface area is 51.1 Å². The Hall–Kier alpha value is 0.805. The highest BCUT2D eigenvalue weighted by Gasteiger charge is 2.54. The standard InChI is InChI=1S/C2H4BO3P2/c1-8-3-2(6-8)4-7-5-2/h7H,1H3. The summed E-state index contributed by atoms with van der Waals surface area (Å²) in [7, 11) is -0.157. The van der Waals surface area contributed by atoms with Crippen LogP contribution in [0.1, 0.15) is 0 Å². The normalized spacial score (nSPS) is 54.9. The third kappa shape index (κ3) is 0.648. The van der Waals surface area contributed by atoms with E-state index in [0.29, 0.717) is 0 Å². The predicted octanol–water partition coefficient (Wildman–Crippen LogP) is 0.829. The minimum absolute atomic E-state index is 0.174. The Morgan fingerprint density at radius 1 is 1.62 bits per heavy atom. The molecule has 0 N–H and O–H groups in total. The Morgan fingerprint density at radius 3 is 2.38 bits per heavy atom. The van der Waals surface area contributed by atoms with Gasteiger partial charge in [0.25, 0.3) is 5.87 Å². The molecular formula is C2H4BO3P2. The number of rotatable bonds is 0. The Balaban J connectivity index is 1.92. The largest absolute Gasteiger partial charge is 0.322 e. The molecule has 0 bridgehead atoms. The van der Waals surface area contributed by atoms with Gasteiger partial charge in [-0.2, -0.15) is 0 Å². The third-order valence-electron chi connectivity index (χ3n) is 0.979. The minimum Gasteiger partial charge on any atom is -0.322 e. The van der Waals surface area contributed by atoms with E-state index in [-0.39, 0.29) is 17.1 Å². The van der Waals surface area contributed by atoms with E-state index in [0.717, 1.165) is 0 Å². The van der Waals surface area contributed by atoms with E-state index in [1.807, 2.05) is 13.7 Å². The second-order valence-electron chi connectivity index (χ2n) is 1.66. The van der Waals surface area contributed by atoms with Crippen molar-refractivity contribution in [3.8, 4) is 0 Å². The van der Waals surface area contributed by atoms with E-state index < -0.39 is 5.87 Å². The summed E-state index contributed by atoms with van der Waals surface area (Å²) in [6.45, 7) is 3.97. The quantitative estimate of drug-likeness (QED) is 0.377. The molecule has 1 spiro atoms. The molecule has 2 aliphatic rings. The molecule has 0 aromatic rings. The van der Waals surface area contributed by atoms with Crippen LogP contribution >= 0.6 is 17.1 Å². The van der Waals surface area contributed by atoms with Gasteiger partial charge in [-0.15, -0.1) is 0 Å². The lowest BCUT2D eigenvalue weighted by Crippen LogP contribution is -2.52. The molecule has 2 aliphatic heterocycles. The zero-order valence-corrected chi connectivity index (χ0v) is 6.14. The van der Waals surface area contributed by atoms with Gasteiger partial charge in [0.05, 0.1) is 0 Å². The van der Waals surface area contributed by atoms with Gasteiger partial charge in [0.2, 0.25) is 0 Å². The molecule has 0 aliphatic carbocycles. The van der Waals surface area contributed by atoms with Crippen molar-refractivity contribution in [2.24, 2.45) is 0 Å². The van der Waals surface area contributed by atoms with Crippen molar-refractivity contribution in [3.05, 3.63) is 0 Å². The van der Waals surface area contributed by atoms with Crippen LogP contribution in [-0.4, -0.2) is 19.5 Å². The molecule has 1 radical (unpaired) electrons. The van der Waals surface area contributed by atoms with Crippen molar-refractivity contribution in [2.75, 3.05) is 6.66 Å². The summed E-state index contributed by atoms with van der Waals surface area (Å²) in [4.78, 5) is 0. The first-order chi connectivity index (χ1) is 3.81. The molecule has 3 nitrogen and oxygen atoms in total. The molecule has 1 atom stereocenters. The van der Waals surface area contributed by atoms with Crippen molar-refractivity contribution >= 4 is 24.1 Å². The molecule has 0 aromatic carbocycles. The number of hydrogen-bond acceptors (Lipinski definition) is 3. The molecule has 1 unspecified atom stereocenters. The van der Waals surface area contributed by atoms with E-state index in [4.69, 9.17) is 13.6 Å². The van der Waals surface area contributed by atoms with Crippen molar-refractivity contribution in [3.63, 3.8) is 0 Å². The average Bonchev–Trinajstić information content (AvgIpc) is 1.51. The second kappa shape index (κ2) is 1.65. The van der Waals surface area contributed by atoms with Crippen LogP contribution in [0.15, 0.2) is 0 Å². The van der Waals surface area contributed by atoms with Gasteiger partial charge in [0.15, 0.2) is 9.03 Å². The summed E-state index contributed by atoms with van der Waals surface area (Å²) >= 11 is 0. The second-order valence-corrected chi connectivity index (χ2v) is 3.77. The fourth-order valence-corrected chi connectivity index (χ4v) is 2.45. The first-order valence-corrected chi connectivity index (χ1v) is 4.79. The zero-order chi connectivity index (χ0) is 5.61. The average molecular weight is 149 g/mol. The molecule has 0 amide bonds. The van der Waals surface area contributed by atoms with Crippen molar-refractivity contribution in [2.45, 2.75) is 5.87 Å². The maximum absolute atomic E-state index is 5.13. The summed E-state index contributed by atoms with van der Waals surface area (Å²) < 4.78 is 15.1. The van der Waals surface area contributed by atoms with Gasteiger partial charge in [-0.05, 0) is 14.7 Å². The van der Waals surface area contributed by atoms with Gasteiger partial charge >= 0.3 is 7.00 Å². The molecule has 0 aromatic heterocycles. The van der Waals surface area contributed by atoms with Gasteiger partial charge in [-0.1, -0.05) is 0 Å². The zero-order valence-electron chi connectivity index (χ0n) is 4.25. The Bertz CT molecular complexity index is 108. The Kier molecular flexibility index (Phi) is 1.15. The number of hydrogen-bond donors (Lipinski definition) is 0. The highest BCUT2D eigenvalue weighted by Crippen LogP contribution is 2.60. The van der Waals surface area contributed by atoms with Crippen LogP contribution in [0.5, 0.6) is 0 Å². The molecule has 0 saturated carbocycles. The summed E-state index contributed by atoms with van der Waals surface area (Å²) in [6, 6.07) is 0. The summed E-state index contributed by atoms with van der Waals surface area (Å²) in [5.74, 6) is -0.668. The SMILES string of the molecule is CP1[B]C2(OPO2)O1. The van der Waals surface area contributed by atoms with Gasteiger partial charge in [-0.25, -0.2) is 0 Å². The van der Waals surface area contributed by atoms with Crippen LogP contribution in [0.4, 0.5) is 0 Å². The fourth-order valence-electron chi connectivity index (χ4n) is 0.638. The minimum atomic E-state index is -0.668. The molecule has 8 heavy (non-hydrogen) atoms. The fraction of sp³-hybridized carbons (Fsp3) is 1.00. The summed E-state index contributed by atoms with van der Waals surface area (Å²) in [5, 5.41) is 0. The summed E-state index contributed by atoms with van der Waals surface area (Å²) in [5.41, 5.74) is 0. The highest BCUT2D eigenvalue weighted by atomic mass is 31.1. The van der Waals surface area contributed by atoms with Crippen molar-refractivity contribution in [1.29, 1.82) is 0 Å². The van der Waals surface area contributed by atoms with Crippen LogP contribution in [0.25, 0.3) is 0 Å². The molecule has 2 heterocycles. The van der Waals surface area contributed by atoms with Crippen molar-refractivity contribution in [1.82, 2.24) is 0 Å². The molecule has 2 saturated heterocycles. The lowest BCUT2D eigenvalue weighted by Gasteiger charge is -2.49. The van der Waals surface area contributed by atoms with E-state index in [2.05, 4.69) is 0 Å². The van der Waals surface area contributed by atoms with E-state index in [1.165, 1.54) is 0 Å². The molecule has 2 rings (SSSR count). The molecule has 2 fully saturated rings. The predicted molar refractivity (Wildman–Crippen MR) is 32.9 cm³/mol. The van der Waals surface area contributed by atoms with Crippen LogP contribution < -0.4 is 0 Å². The van der Waals surface area contributed by atoms with Gasteiger partial charge < -0.3 is 4.52 Å². The summed E-state index contributed by atoms with van der Waals surface area (Å²) in [6.07, 6.45) is 0. The molecule has 6 heteroatoms. The van der Waals surface area contributed by atoms with Gasteiger partial charge in [-0.3, -0.25) is 9.05 Å². The van der Waals surface area contributed by atoms with Crippen LogP contribution in [0.2, 0.25) is 0 Å². The van der Waals surface area contributed by atoms with Gasteiger partial charge in [0, 0.05) is 0 Å². The maximum atomic E-state index is 5.13. The van der Waals surface area contributed by atoms with Crippen molar-refractivity contribution < 1.29 is 13.6 Å². The first kappa shape index (κ1) is 5.58. The first-order valence-electron chi connectivity index (χ1n) is 2.20. The Morgan fingerprint density at radius 2 is 2.25 bits per heavy atom. The lowest BCUT2D eigenvalue weighted by molar-refractivity contribution is -0.240. The van der Waals surface area contributed by atoms with E-state index in [1.54, 1.807) is 0 Å². The highest BCUT2D eigenvalue weighted by molar-refractivity contribution is 7.84. The monoisotopic (exact) mass is 149 g/mol. The smallest absolute Gasteiger partial charge is 0.304 e. The molecule has 43 valence electrons. The van der Waals surface area contributed by atoms with Crippen LogP contribution in [-0.2, 0) is 13.6 Å². The van der Waals surface area contributed by atoms with Gasteiger partial charge in [0.1, 0.15) is 0 Å². The maximum Gasteiger partial charge on any atom is 0.304 e. The topological polar surface area (TPSA) is 27.7 Å². The van der Waals surface area contributed by atoms with Crippen LogP contribution in [0.3, 0.4) is 0 Å². The third-order valence-corrected chi connectivity index (χ3v) is 2.94. The van der Waals surface area contributed by atoms with Crippen LogP contribution in [0, 0.1) is 0 Å². The van der Waals surface area contributed by atoms with E-state index >= 15 is 0 Å². The molecular weight excluding hydrogens is 145 g/mol. The lowest BCUT2D eigenvalue weighted by atomic mass is 10.1.